The van der Waals surface area contributed by atoms with E-state index in [4.69, 9.17) is 10.00 Å². The molecule has 0 aliphatic rings. The van der Waals surface area contributed by atoms with Gasteiger partial charge in [-0.1, -0.05) is 6.07 Å². The summed E-state index contributed by atoms with van der Waals surface area (Å²) < 4.78 is 44.5. The van der Waals surface area contributed by atoms with Gasteiger partial charge in [0.15, 0.2) is 6.10 Å². The normalized spacial score (nSPS) is 13.0. The summed E-state index contributed by atoms with van der Waals surface area (Å²) in [5.41, 5.74) is 0.693. The predicted octanol–water partition coefficient (Wildman–Crippen LogP) is 1.93. The SMILES string of the molecule is CC(NS(=O)(=O)c1ccc(F)cc1)C(=O)OC(C)C(=O)Nc1cccc(C#N)c1. The maximum absolute atomic E-state index is 12.9. The van der Waals surface area contributed by atoms with Crippen LogP contribution < -0.4 is 10.0 Å². The van der Waals surface area contributed by atoms with Crippen molar-refractivity contribution in [3.63, 3.8) is 0 Å². The monoisotopic (exact) mass is 419 g/mol. The predicted molar refractivity (Wildman–Crippen MR) is 102 cm³/mol. The topological polar surface area (TPSA) is 125 Å². The van der Waals surface area contributed by atoms with Crippen molar-refractivity contribution in [2.24, 2.45) is 0 Å². The van der Waals surface area contributed by atoms with Crippen LogP contribution in [0.25, 0.3) is 0 Å². The highest BCUT2D eigenvalue weighted by Crippen LogP contribution is 2.12. The van der Waals surface area contributed by atoms with Crippen LogP contribution in [-0.4, -0.2) is 32.4 Å². The highest BCUT2D eigenvalue weighted by atomic mass is 32.2. The van der Waals surface area contributed by atoms with E-state index in [0.717, 1.165) is 24.3 Å². The second-order valence-corrected chi connectivity index (χ2v) is 7.77. The molecule has 8 nitrogen and oxygen atoms in total. The summed E-state index contributed by atoms with van der Waals surface area (Å²) in [6.07, 6.45) is -1.22. The number of halogens is 1. The molecule has 29 heavy (non-hydrogen) atoms. The molecule has 152 valence electrons. The molecule has 0 aliphatic heterocycles. The van der Waals surface area contributed by atoms with Crippen LogP contribution in [0.2, 0.25) is 0 Å². The van der Waals surface area contributed by atoms with Gasteiger partial charge < -0.3 is 10.1 Å². The van der Waals surface area contributed by atoms with Crippen molar-refractivity contribution in [1.29, 1.82) is 5.26 Å². The first kappa shape index (κ1) is 22.0. The Labute approximate surface area is 167 Å². The Morgan fingerprint density at radius 2 is 1.79 bits per heavy atom. The molecule has 2 atom stereocenters. The Morgan fingerprint density at radius 1 is 1.14 bits per heavy atom. The average molecular weight is 419 g/mol. The zero-order valence-corrected chi connectivity index (χ0v) is 16.4. The summed E-state index contributed by atoms with van der Waals surface area (Å²) in [7, 11) is -4.08. The van der Waals surface area contributed by atoms with Gasteiger partial charge in [0.05, 0.1) is 16.5 Å². The molecule has 0 aromatic heterocycles. The van der Waals surface area contributed by atoms with Crippen molar-refractivity contribution in [1.82, 2.24) is 4.72 Å². The number of nitrogens with one attached hydrogen (secondary N) is 2. The van der Waals surface area contributed by atoms with E-state index < -0.39 is 39.9 Å². The molecule has 0 aliphatic carbocycles. The fraction of sp³-hybridized carbons (Fsp3) is 0.211. The number of sulfonamides is 1. The Balaban J connectivity index is 1.96. The molecule has 1 amide bonds. The van der Waals surface area contributed by atoms with Crippen LogP contribution >= 0.6 is 0 Å². The number of carbonyl (C=O) groups excluding carboxylic acids is 2. The highest BCUT2D eigenvalue weighted by molar-refractivity contribution is 7.89. The van der Waals surface area contributed by atoms with Gasteiger partial charge in [-0.25, -0.2) is 12.8 Å². The van der Waals surface area contributed by atoms with E-state index in [0.29, 0.717) is 11.3 Å². The number of nitriles is 1. The number of benzene rings is 2. The lowest BCUT2D eigenvalue weighted by Gasteiger charge is -2.17. The van der Waals surface area contributed by atoms with Crippen molar-refractivity contribution in [3.8, 4) is 6.07 Å². The molecule has 2 N–H and O–H groups in total. The fourth-order valence-electron chi connectivity index (χ4n) is 2.20. The van der Waals surface area contributed by atoms with E-state index in [1.807, 2.05) is 6.07 Å². The van der Waals surface area contributed by atoms with Gasteiger partial charge in [-0.3, -0.25) is 9.59 Å². The zero-order chi connectivity index (χ0) is 21.6. The van der Waals surface area contributed by atoms with Gasteiger partial charge in [-0.15, -0.1) is 0 Å². The number of hydrogen-bond donors (Lipinski definition) is 2. The Hall–Kier alpha value is -3.29. The molecule has 2 aromatic rings. The molecule has 2 unspecified atom stereocenters. The Morgan fingerprint density at radius 3 is 2.41 bits per heavy atom. The maximum atomic E-state index is 12.9. The van der Waals surface area contributed by atoms with Crippen LogP contribution in [0.4, 0.5) is 10.1 Å². The van der Waals surface area contributed by atoms with Crippen molar-refractivity contribution in [2.75, 3.05) is 5.32 Å². The van der Waals surface area contributed by atoms with Gasteiger partial charge in [0.1, 0.15) is 11.9 Å². The number of rotatable bonds is 7. The largest absolute Gasteiger partial charge is 0.451 e. The van der Waals surface area contributed by atoms with E-state index in [-0.39, 0.29) is 4.90 Å². The smallest absolute Gasteiger partial charge is 0.324 e. The zero-order valence-electron chi connectivity index (χ0n) is 15.5. The minimum Gasteiger partial charge on any atom is -0.451 e. The van der Waals surface area contributed by atoms with Gasteiger partial charge in [0, 0.05) is 5.69 Å². The molecule has 0 heterocycles. The Kier molecular flexibility index (Phi) is 7.03. The number of nitrogens with zero attached hydrogens (tertiary/aromatic N) is 1. The summed E-state index contributed by atoms with van der Waals surface area (Å²) in [4.78, 5) is 24.1. The molecule has 2 aromatic carbocycles. The van der Waals surface area contributed by atoms with Gasteiger partial charge in [0.25, 0.3) is 5.91 Å². The number of anilines is 1. The summed E-state index contributed by atoms with van der Waals surface area (Å²) in [6.45, 7) is 2.58. The summed E-state index contributed by atoms with van der Waals surface area (Å²) >= 11 is 0. The van der Waals surface area contributed by atoms with E-state index in [1.54, 1.807) is 18.2 Å². The third-order valence-electron chi connectivity index (χ3n) is 3.73. The van der Waals surface area contributed by atoms with Crippen LogP contribution in [0.15, 0.2) is 53.4 Å². The fourth-order valence-corrected chi connectivity index (χ4v) is 3.39. The quantitative estimate of drug-likeness (QED) is 0.661. The highest BCUT2D eigenvalue weighted by Gasteiger charge is 2.26. The van der Waals surface area contributed by atoms with Gasteiger partial charge in [-0.2, -0.15) is 9.98 Å². The van der Waals surface area contributed by atoms with Gasteiger partial charge in [-0.05, 0) is 56.3 Å². The van der Waals surface area contributed by atoms with E-state index in [1.165, 1.54) is 19.9 Å². The van der Waals surface area contributed by atoms with Crippen molar-refractivity contribution >= 4 is 27.6 Å². The third-order valence-corrected chi connectivity index (χ3v) is 5.29. The van der Waals surface area contributed by atoms with E-state index in [2.05, 4.69) is 10.0 Å². The van der Waals surface area contributed by atoms with Crippen LogP contribution in [0, 0.1) is 17.1 Å². The lowest BCUT2D eigenvalue weighted by molar-refractivity contribution is -0.154. The number of amides is 1. The lowest BCUT2D eigenvalue weighted by atomic mass is 10.2. The third kappa shape index (κ3) is 6.10. The standard InChI is InChI=1S/C19H18FN3O5S/c1-12(23-29(26,27)17-8-6-15(20)7-9-17)19(25)28-13(2)18(24)22-16-5-3-4-14(10-16)11-21/h3-10,12-13,23H,1-2H3,(H,22,24). The molecule has 0 bridgehead atoms. The lowest BCUT2D eigenvalue weighted by Crippen LogP contribution is -2.42. The first-order valence-corrected chi connectivity index (χ1v) is 9.90. The molecule has 0 saturated heterocycles. The van der Waals surface area contributed by atoms with Crippen LogP contribution in [0.5, 0.6) is 0 Å². The van der Waals surface area contributed by atoms with Crippen molar-refractivity contribution < 1.29 is 27.1 Å². The molecular weight excluding hydrogens is 401 g/mol. The van der Waals surface area contributed by atoms with E-state index >= 15 is 0 Å². The second kappa shape index (κ2) is 9.27. The summed E-state index contributed by atoms with van der Waals surface area (Å²) in [5.74, 6) is -2.22. The van der Waals surface area contributed by atoms with Gasteiger partial charge in [0.2, 0.25) is 10.0 Å². The molecule has 0 saturated carbocycles. The second-order valence-electron chi connectivity index (χ2n) is 6.06. The molecule has 0 fully saturated rings. The van der Waals surface area contributed by atoms with Crippen LogP contribution in [0.1, 0.15) is 19.4 Å². The summed E-state index contributed by atoms with van der Waals surface area (Å²) in [5, 5.41) is 11.4. The number of esters is 1. The summed E-state index contributed by atoms with van der Waals surface area (Å²) in [6, 6.07) is 10.9. The molecule has 0 spiro atoms. The van der Waals surface area contributed by atoms with Crippen LogP contribution in [0.3, 0.4) is 0 Å². The minimum absolute atomic E-state index is 0.221. The molecule has 2 rings (SSSR count). The van der Waals surface area contributed by atoms with Crippen LogP contribution in [-0.2, 0) is 24.3 Å². The Bertz CT molecular complexity index is 1050. The maximum Gasteiger partial charge on any atom is 0.324 e. The number of hydrogen-bond acceptors (Lipinski definition) is 6. The first-order valence-electron chi connectivity index (χ1n) is 8.42. The van der Waals surface area contributed by atoms with Crippen molar-refractivity contribution in [2.45, 2.75) is 30.9 Å². The van der Waals surface area contributed by atoms with Crippen molar-refractivity contribution in [3.05, 3.63) is 59.9 Å². The van der Waals surface area contributed by atoms with Gasteiger partial charge >= 0.3 is 5.97 Å². The minimum atomic E-state index is -4.08. The number of ether oxygens (including phenoxy) is 1. The molecule has 0 radical (unpaired) electrons. The van der Waals surface area contributed by atoms with E-state index in [9.17, 15) is 22.4 Å². The number of carbonyl (C=O) groups is 2. The average Bonchev–Trinajstić information content (AvgIpc) is 2.67. The molecule has 10 heteroatoms. The molecular formula is C19H18FN3O5S. The first-order chi connectivity index (χ1) is 13.6.